The Balaban J connectivity index is 1.44. The smallest absolute Gasteiger partial charge is 0.0540 e. The van der Waals surface area contributed by atoms with Crippen LogP contribution in [-0.4, -0.2) is 4.98 Å². The highest BCUT2D eigenvalue weighted by molar-refractivity contribution is 6.08. The number of hydrogen-bond donors (Lipinski definition) is 1. The number of aromatic nitrogens is 1. The van der Waals surface area contributed by atoms with Gasteiger partial charge in [-0.25, -0.2) is 0 Å². The maximum Gasteiger partial charge on any atom is 0.0540 e. The van der Waals surface area contributed by atoms with E-state index in [0.29, 0.717) is 0 Å². The molecule has 0 saturated carbocycles. The molecule has 0 spiro atoms. The van der Waals surface area contributed by atoms with E-state index < -0.39 is 0 Å². The zero-order chi connectivity index (χ0) is 22.5. The number of aromatic amines is 1. The van der Waals surface area contributed by atoms with Gasteiger partial charge in [-0.15, -0.1) is 0 Å². The Labute approximate surface area is 198 Å². The molecule has 1 aromatic heterocycles. The molecule has 2 heteroatoms. The largest absolute Gasteiger partial charge is 0.355 e. The highest BCUT2D eigenvalue weighted by Crippen LogP contribution is 2.43. The van der Waals surface area contributed by atoms with E-state index in [2.05, 4.69) is 137 Å². The van der Waals surface area contributed by atoms with Gasteiger partial charge in [0.1, 0.15) is 0 Å². The highest BCUT2D eigenvalue weighted by Gasteiger charge is 2.20. The second kappa shape index (κ2) is 7.50. The normalized spacial score (nSPS) is 12.5. The number of H-pyrrole nitrogens is 1. The summed E-state index contributed by atoms with van der Waals surface area (Å²) in [6.07, 6.45) is 4.44. The van der Waals surface area contributed by atoms with E-state index in [0.717, 1.165) is 5.69 Å². The molecule has 1 N–H and O–H groups in total. The standard InChI is InChI=1S/C32H22N2/c1-2-9-26(10-3-1)34-31-13-7-4-8-22(31)14-15-23-16-17-25(21-32(23)34)24-18-19-30-28(20-24)27-11-5-6-12-29(27)33-30/h1-21,33H. The van der Waals surface area contributed by atoms with Gasteiger partial charge in [0.2, 0.25) is 0 Å². The Kier molecular flexibility index (Phi) is 4.18. The minimum atomic E-state index is 1.16. The van der Waals surface area contributed by atoms with Gasteiger partial charge in [0.15, 0.2) is 0 Å². The average Bonchev–Trinajstić information content (AvgIpc) is 3.18. The molecule has 0 saturated heterocycles. The molecule has 1 aliphatic rings. The fraction of sp³-hybridized carbons (Fsp3) is 0. The van der Waals surface area contributed by atoms with E-state index >= 15 is 0 Å². The number of benzene rings is 5. The van der Waals surface area contributed by atoms with E-state index in [1.54, 1.807) is 0 Å². The van der Waals surface area contributed by atoms with Gasteiger partial charge in [0, 0.05) is 27.5 Å². The summed E-state index contributed by atoms with van der Waals surface area (Å²) in [4.78, 5) is 5.91. The van der Waals surface area contributed by atoms with Crippen molar-refractivity contribution in [3.63, 3.8) is 0 Å². The summed E-state index contributed by atoms with van der Waals surface area (Å²) in [5.41, 5.74) is 10.7. The van der Waals surface area contributed by atoms with Gasteiger partial charge in [-0.1, -0.05) is 84.9 Å². The maximum atomic E-state index is 3.54. The van der Waals surface area contributed by atoms with Gasteiger partial charge in [-0.3, -0.25) is 0 Å². The molecule has 0 aliphatic carbocycles. The fourth-order valence-electron chi connectivity index (χ4n) is 5.08. The summed E-state index contributed by atoms with van der Waals surface area (Å²) >= 11 is 0. The lowest BCUT2D eigenvalue weighted by Gasteiger charge is -2.27. The van der Waals surface area contributed by atoms with Gasteiger partial charge >= 0.3 is 0 Å². The van der Waals surface area contributed by atoms with Crippen LogP contribution in [0.15, 0.2) is 115 Å². The van der Waals surface area contributed by atoms with Crippen LogP contribution < -0.4 is 4.90 Å². The van der Waals surface area contributed by atoms with Crippen LogP contribution >= 0.6 is 0 Å². The first-order chi connectivity index (χ1) is 16.8. The molecule has 160 valence electrons. The second-order valence-corrected chi connectivity index (χ2v) is 8.77. The quantitative estimate of drug-likeness (QED) is 0.288. The summed E-state index contributed by atoms with van der Waals surface area (Å²) in [7, 11) is 0. The average molecular weight is 435 g/mol. The van der Waals surface area contributed by atoms with Crippen molar-refractivity contribution in [2.24, 2.45) is 0 Å². The van der Waals surface area contributed by atoms with Crippen molar-refractivity contribution in [1.82, 2.24) is 4.98 Å². The first kappa shape index (κ1) is 19.0. The van der Waals surface area contributed by atoms with E-state index in [1.165, 1.54) is 55.4 Å². The zero-order valence-corrected chi connectivity index (χ0v) is 18.6. The molecule has 0 amide bonds. The fourth-order valence-corrected chi connectivity index (χ4v) is 5.08. The number of nitrogens with one attached hydrogen (secondary N) is 1. The molecule has 7 rings (SSSR count). The Morgan fingerprint density at radius 2 is 1.15 bits per heavy atom. The first-order valence-electron chi connectivity index (χ1n) is 11.6. The Bertz CT molecular complexity index is 1710. The molecule has 5 aromatic carbocycles. The van der Waals surface area contributed by atoms with E-state index in [1.807, 2.05) is 0 Å². The lowest BCUT2D eigenvalue weighted by atomic mass is 9.99. The van der Waals surface area contributed by atoms with Crippen LogP contribution in [0.1, 0.15) is 11.1 Å². The number of fused-ring (bicyclic) bond motifs is 5. The molecule has 1 aliphatic heterocycles. The van der Waals surface area contributed by atoms with Crippen molar-refractivity contribution in [3.05, 3.63) is 126 Å². The molecular formula is C32H22N2. The van der Waals surface area contributed by atoms with Crippen molar-refractivity contribution in [1.29, 1.82) is 0 Å². The van der Waals surface area contributed by atoms with Crippen molar-refractivity contribution < 1.29 is 0 Å². The summed E-state index contributed by atoms with van der Waals surface area (Å²) in [5.74, 6) is 0. The monoisotopic (exact) mass is 434 g/mol. The molecule has 0 bridgehead atoms. The van der Waals surface area contributed by atoms with Crippen LogP contribution in [0.5, 0.6) is 0 Å². The molecular weight excluding hydrogens is 412 g/mol. The van der Waals surface area contributed by atoms with E-state index in [-0.39, 0.29) is 0 Å². The summed E-state index contributed by atoms with van der Waals surface area (Å²) in [5, 5.41) is 2.52. The minimum absolute atomic E-state index is 1.16. The number of hydrogen-bond acceptors (Lipinski definition) is 1. The molecule has 0 unspecified atom stereocenters. The van der Waals surface area contributed by atoms with Crippen LogP contribution in [0.3, 0.4) is 0 Å². The van der Waals surface area contributed by atoms with Gasteiger partial charge in [0.05, 0.1) is 11.4 Å². The number of nitrogens with zero attached hydrogens (tertiary/aromatic N) is 1. The summed E-state index contributed by atoms with van der Waals surface area (Å²) < 4.78 is 0. The lowest BCUT2D eigenvalue weighted by molar-refractivity contribution is 1.28. The molecule has 0 fully saturated rings. The van der Waals surface area contributed by atoms with Crippen LogP contribution in [-0.2, 0) is 0 Å². The number of rotatable bonds is 2. The van der Waals surface area contributed by atoms with Crippen LogP contribution in [0.25, 0.3) is 45.1 Å². The van der Waals surface area contributed by atoms with Crippen LogP contribution in [0.4, 0.5) is 17.1 Å². The molecule has 0 radical (unpaired) electrons. The topological polar surface area (TPSA) is 19.0 Å². The third-order valence-electron chi connectivity index (χ3n) is 6.75. The number of para-hydroxylation sites is 3. The summed E-state index contributed by atoms with van der Waals surface area (Å²) in [6.45, 7) is 0. The van der Waals surface area contributed by atoms with Crippen LogP contribution in [0.2, 0.25) is 0 Å². The summed E-state index contributed by atoms with van der Waals surface area (Å²) in [6, 6.07) is 41.2. The molecule has 6 aromatic rings. The van der Waals surface area contributed by atoms with Gasteiger partial charge in [-0.05, 0) is 64.7 Å². The van der Waals surface area contributed by atoms with Crippen molar-refractivity contribution >= 4 is 51.0 Å². The number of anilines is 3. The Morgan fingerprint density at radius 3 is 2.06 bits per heavy atom. The third-order valence-corrected chi connectivity index (χ3v) is 6.75. The molecule has 0 atom stereocenters. The predicted molar refractivity (Wildman–Crippen MR) is 145 cm³/mol. The molecule has 34 heavy (non-hydrogen) atoms. The SMILES string of the molecule is C1=Cc2ccc(-c3ccc4[nH]c5ccccc5c4c3)cc2N(c2ccccc2)c2ccccc21. The predicted octanol–water partition coefficient (Wildman–Crippen LogP) is 8.94. The van der Waals surface area contributed by atoms with Gasteiger partial charge in [-0.2, -0.15) is 0 Å². The minimum Gasteiger partial charge on any atom is -0.355 e. The van der Waals surface area contributed by atoms with E-state index in [9.17, 15) is 0 Å². The highest BCUT2D eigenvalue weighted by atomic mass is 15.1. The van der Waals surface area contributed by atoms with Crippen molar-refractivity contribution in [3.8, 4) is 11.1 Å². The molecule has 2 nitrogen and oxygen atoms in total. The van der Waals surface area contributed by atoms with Crippen molar-refractivity contribution in [2.45, 2.75) is 0 Å². The zero-order valence-electron chi connectivity index (χ0n) is 18.6. The van der Waals surface area contributed by atoms with Crippen LogP contribution in [0, 0.1) is 0 Å². The Hall–Kier alpha value is -4.56. The third kappa shape index (κ3) is 2.96. The Morgan fingerprint density at radius 1 is 0.471 bits per heavy atom. The van der Waals surface area contributed by atoms with Crippen molar-refractivity contribution in [2.75, 3.05) is 4.90 Å². The molecule has 2 heterocycles. The first-order valence-corrected chi connectivity index (χ1v) is 11.6. The second-order valence-electron chi connectivity index (χ2n) is 8.77. The van der Waals surface area contributed by atoms with Gasteiger partial charge in [0.25, 0.3) is 0 Å². The maximum absolute atomic E-state index is 3.54. The van der Waals surface area contributed by atoms with E-state index in [4.69, 9.17) is 0 Å². The lowest BCUT2D eigenvalue weighted by Crippen LogP contribution is -2.11. The van der Waals surface area contributed by atoms with Gasteiger partial charge < -0.3 is 9.88 Å².